The van der Waals surface area contributed by atoms with Crippen LogP contribution < -0.4 is 10.1 Å². The molecule has 0 radical (unpaired) electrons. The van der Waals surface area contributed by atoms with E-state index in [0.717, 1.165) is 18.3 Å². The molecule has 2 heteroatoms. The van der Waals surface area contributed by atoms with Gasteiger partial charge in [-0.25, -0.2) is 0 Å². The molecule has 0 bridgehead atoms. The molecule has 2 rings (SSSR count). The first-order valence-corrected chi connectivity index (χ1v) is 8.51. The van der Waals surface area contributed by atoms with Gasteiger partial charge in [0.25, 0.3) is 0 Å². The molecule has 21 heavy (non-hydrogen) atoms. The second-order valence-corrected chi connectivity index (χ2v) is 6.89. The Kier molecular flexibility index (Phi) is 5.69. The Balaban J connectivity index is 2.23. The normalized spacial score (nSPS) is 18.9. The molecule has 1 aliphatic rings. The number of nitrogens with one attached hydrogen (secondary N) is 1. The maximum Gasteiger partial charge on any atom is 0.119 e. The molecule has 1 fully saturated rings. The van der Waals surface area contributed by atoms with Gasteiger partial charge in [0, 0.05) is 6.04 Å². The first kappa shape index (κ1) is 16.4. The van der Waals surface area contributed by atoms with Crippen LogP contribution in [-0.2, 0) is 0 Å². The molecule has 118 valence electrons. The highest BCUT2D eigenvalue weighted by Gasteiger charge is 2.41. The van der Waals surface area contributed by atoms with Crippen LogP contribution in [0.5, 0.6) is 5.75 Å². The zero-order chi connectivity index (χ0) is 15.3. The van der Waals surface area contributed by atoms with Gasteiger partial charge in [-0.2, -0.15) is 0 Å². The Morgan fingerprint density at radius 2 is 1.76 bits per heavy atom. The lowest BCUT2D eigenvalue weighted by Gasteiger charge is -2.39. The molecule has 1 aromatic rings. The van der Waals surface area contributed by atoms with Crippen LogP contribution in [0, 0.1) is 11.3 Å². The SMILES string of the molecule is CCOc1ccc(C(NC)C2(CC(C)C)CCCC2)cc1. The summed E-state index contributed by atoms with van der Waals surface area (Å²) in [7, 11) is 2.11. The average Bonchev–Trinajstić information content (AvgIpc) is 2.90. The first-order valence-electron chi connectivity index (χ1n) is 8.51. The van der Waals surface area contributed by atoms with E-state index in [1.807, 2.05) is 6.92 Å². The van der Waals surface area contributed by atoms with Crippen molar-refractivity contribution in [2.75, 3.05) is 13.7 Å². The van der Waals surface area contributed by atoms with E-state index < -0.39 is 0 Å². The summed E-state index contributed by atoms with van der Waals surface area (Å²) in [4.78, 5) is 0. The number of hydrogen-bond acceptors (Lipinski definition) is 2. The largest absolute Gasteiger partial charge is 0.494 e. The lowest BCUT2D eigenvalue weighted by atomic mass is 9.70. The Morgan fingerprint density at radius 3 is 2.24 bits per heavy atom. The van der Waals surface area contributed by atoms with Gasteiger partial charge in [-0.15, -0.1) is 0 Å². The van der Waals surface area contributed by atoms with E-state index in [-0.39, 0.29) is 0 Å². The summed E-state index contributed by atoms with van der Waals surface area (Å²) in [6.07, 6.45) is 6.77. The van der Waals surface area contributed by atoms with E-state index in [4.69, 9.17) is 4.74 Å². The molecule has 1 saturated carbocycles. The highest BCUT2D eigenvalue weighted by molar-refractivity contribution is 5.30. The van der Waals surface area contributed by atoms with Crippen molar-refractivity contribution in [3.8, 4) is 5.75 Å². The fourth-order valence-electron chi connectivity index (χ4n) is 4.25. The molecule has 1 unspecified atom stereocenters. The van der Waals surface area contributed by atoms with Crippen LogP contribution in [0.2, 0.25) is 0 Å². The highest BCUT2D eigenvalue weighted by atomic mass is 16.5. The zero-order valence-electron chi connectivity index (χ0n) is 14.1. The van der Waals surface area contributed by atoms with Crippen LogP contribution in [0.4, 0.5) is 0 Å². The van der Waals surface area contributed by atoms with Crippen molar-refractivity contribution in [2.45, 2.75) is 58.9 Å². The van der Waals surface area contributed by atoms with Crippen molar-refractivity contribution in [1.82, 2.24) is 5.32 Å². The van der Waals surface area contributed by atoms with Gasteiger partial charge < -0.3 is 10.1 Å². The van der Waals surface area contributed by atoms with E-state index in [1.165, 1.54) is 37.7 Å². The monoisotopic (exact) mass is 289 g/mol. The summed E-state index contributed by atoms with van der Waals surface area (Å²) >= 11 is 0. The Morgan fingerprint density at radius 1 is 1.14 bits per heavy atom. The minimum absolute atomic E-state index is 0.427. The lowest BCUT2D eigenvalue weighted by Crippen LogP contribution is -2.35. The smallest absolute Gasteiger partial charge is 0.119 e. The summed E-state index contributed by atoms with van der Waals surface area (Å²) < 4.78 is 5.57. The molecule has 0 amide bonds. The molecule has 1 aliphatic carbocycles. The molecule has 0 spiro atoms. The topological polar surface area (TPSA) is 21.3 Å². The van der Waals surface area contributed by atoms with Gasteiger partial charge in [0.1, 0.15) is 5.75 Å². The lowest BCUT2D eigenvalue weighted by molar-refractivity contribution is 0.161. The molecule has 2 nitrogen and oxygen atoms in total. The second kappa shape index (κ2) is 7.31. The summed E-state index contributed by atoms with van der Waals surface area (Å²) in [6.45, 7) is 7.46. The Bertz CT molecular complexity index is 418. The molecule has 1 aromatic carbocycles. The van der Waals surface area contributed by atoms with Crippen molar-refractivity contribution in [2.24, 2.45) is 11.3 Å². The Hall–Kier alpha value is -1.02. The van der Waals surface area contributed by atoms with E-state index in [9.17, 15) is 0 Å². The number of benzene rings is 1. The maximum absolute atomic E-state index is 5.57. The molecule has 0 heterocycles. The van der Waals surface area contributed by atoms with Crippen molar-refractivity contribution in [3.63, 3.8) is 0 Å². The number of ether oxygens (including phenoxy) is 1. The molecular formula is C19H31NO. The fraction of sp³-hybridized carbons (Fsp3) is 0.684. The summed E-state index contributed by atoms with van der Waals surface area (Å²) in [6, 6.07) is 9.17. The van der Waals surface area contributed by atoms with Gasteiger partial charge in [-0.1, -0.05) is 38.8 Å². The van der Waals surface area contributed by atoms with Gasteiger partial charge in [0.2, 0.25) is 0 Å². The van der Waals surface area contributed by atoms with E-state index in [0.29, 0.717) is 11.5 Å². The zero-order valence-corrected chi connectivity index (χ0v) is 14.1. The minimum Gasteiger partial charge on any atom is -0.494 e. The Labute approximate surface area is 130 Å². The molecule has 0 saturated heterocycles. The summed E-state index contributed by atoms with van der Waals surface area (Å²) in [5.41, 5.74) is 1.83. The number of rotatable bonds is 7. The van der Waals surface area contributed by atoms with Gasteiger partial charge >= 0.3 is 0 Å². The molecule has 1 N–H and O–H groups in total. The number of hydrogen-bond donors (Lipinski definition) is 1. The average molecular weight is 289 g/mol. The van der Waals surface area contributed by atoms with Crippen molar-refractivity contribution in [3.05, 3.63) is 29.8 Å². The molecule has 1 atom stereocenters. The third kappa shape index (κ3) is 3.79. The molecular weight excluding hydrogens is 258 g/mol. The summed E-state index contributed by atoms with van der Waals surface area (Å²) in [5, 5.41) is 3.62. The van der Waals surface area contributed by atoms with Gasteiger partial charge in [-0.05, 0) is 62.3 Å². The fourth-order valence-corrected chi connectivity index (χ4v) is 4.25. The summed E-state index contributed by atoms with van der Waals surface area (Å²) in [5.74, 6) is 1.72. The van der Waals surface area contributed by atoms with E-state index in [2.05, 4.69) is 50.5 Å². The van der Waals surface area contributed by atoms with Gasteiger partial charge in [-0.3, -0.25) is 0 Å². The van der Waals surface area contributed by atoms with E-state index in [1.54, 1.807) is 0 Å². The van der Waals surface area contributed by atoms with Crippen LogP contribution in [-0.4, -0.2) is 13.7 Å². The van der Waals surface area contributed by atoms with E-state index >= 15 is 0 Å². The van der Waals surface area contributed by atoms with Gasteiger partial charge in [0.15, 0.2) is 0 Å². The third-order valence-corrected chi connectivity index (χ3v) is 4.84. The van der Waals surface area contributed by atoms with Crippen LogP contribution in [0.1, 0.15) is 64.5 Å². The highest BCUT2D eigenvalue weighted by Crippen LogP contribution is 2.51. The van der Waals surface area contributed by atoms with Crippen molar-refractivity contribution < 1.29 is 4.74 Å². The minimum atomic E-state index is 0.427. The quantitative estimate of drug-likeness (QED) is 0.766. The van der Waals surface area contributed by atoms with Crippen molar-refractivity contribution in [1.29, 1.82) is 0 Å². The molecule has 0 aliphatic heterocycles. The predicted molar refractivity (Wildman–Crippen MR) is 89.8 cm³/mol. The van der Waals surface area contributed by atoms with Gasteiger partial charge in [0.05, 0.1) is 6.61 Å². The predicted octanol–water partition coefficient (Wildman–Crippen LogP) is 4.95. The maximum atomic E-state index is 5.57. The molecule has 0 aromatic heterocycles. The third-order valence-electron chi connectivity index (χ3n) is 4.84. The van der Waals surface area contributed by atoms with Crippen LogP contribution >= 0.6 is 0 Å². The van der Waals surface area contributed by atoms with Crippen LogP contribution in [0.25, 0.3) is 0 Å². The standard InChI is InChI=1S/C19H31NO/c1-5-21-17-10-8-16(9-11-17)18(20-4)19(14-15(2)3)12-6-7-13-19/h8-11,15,18,20H,5-7,12-14H2,1-4H3. The van der Waals surface area contributed by atoms with Crippen molar-refractivity contribution >= 4 is 0 Å². The first-order chi connectivity index (χ1) is 10.1. The second-order valence-electron chi connectivity index (χ2n) is 6.89. The van der Waals surface area contributed by atoms with Crippen LogP contribution in [0.3, 0.4) is 0 Å². The van der Waals surface area contributed by atoms with Crippen LogP contribution in [0.15, 0.2) is 24.3 Å².